The molecule has 0 aromatic heterocycles. The van der Waals surface area contributed by atoms with Gasteiger partial charge in [0.2, 0.25) is 0 Å². The van der Waals surface area contributed by atoms with Crippen LogP contribution in [0.2, 0.25) is 0 Å². The third-order valence-corrected chi connectivity index (χ3v) is 4.44. The van der Waals surface area contributed by atoms with Crippen molar-refractivity contribution >= 4 is 0 Å². The minimum Gasteiger partial charge on any atom is -0.271 e. The first-order valence-electron chi connectivity index (χ1n) is 6.29. The molecule has 3 aliphatic rings. The van der Waals surface area contributed by atoms with Crippen molar-refractivity contribution in [3.05, 3.63) is 35.4 Å². The summed E-state index contributed by atoms with van der Waals surface area (Å²) >= 11 is 0. The number of nitrogens with one attached hydrogen (secondary N) is 1. The molecule has 0 amide bonds. The van der Waals surface area contributed by atoms with Gasteiger partial charge in [-0.1, -0.05) is 37.6 Å². The summed E-state index contributed by atoms with van der Waals surface area (Å²) in [5.41, 5.74) is 6.71. The highest BCUT2D eigenvalue weighted by molar-refractivity contribution is 5.42. The highest BCUT2D eigenvalue weighted by Crippen LogP contribution is 2.67. The molecule has 0 spiro atoms. The maximum Gasteiger partial charge on any atom is 0.0346 e. The lowest BCUT2D eigenvalue weighted by atomic mass is 9.37. The summed E-state index contributed by atoms with van der Waals surface area (Å²) in [5.74, 6) is 5.56. The standard InChI is InChI=1S/C14H20N2/c1-2-3-11-4-6-12(7-5-11)13-8-14(9-13,10-13)16-15/h4-7,16H,2-3,8-10,15H2,1H3. The van der Waals surface area contributed by atoms with E-state index in [0.717, 1.165) is 0 Å². The van der Waals surface area contributed by atoms with Crippen LogP contribution in [0.1, 0.15) is 43.7 Å². The van der Waals surface area contributed by atoms with E-state index in [1.165, 1.54) is 43.2 Å². The van der Waals surface area contributed by atoms with Gasteiger partial charge >= 0.3 is 0 Å². The van der Waals surface area contributed by atoms with E-state index in [2.05, 4.69) is 36.6 Å². The Labute approximate surface area is 97.2 Å². The van der Waals surface area contributed by atoms with Crippen molar-refractivity contribution in [2.75, 3.05) is 0 Å². The zero-order valence-electron chi connectivity index (χ0n) is 9.92. The Morgan fingerprint density at radius 3 is 2.31 bits per heavy atom. The van der Waals surface area contributed by atoms with Crippen LogP contribution in [0, 0.1) is 0 Å². The van der Waals surface area contributed by atoms with Crippen LogP contribution in [-0.2, 0) is 11.8 Å². The van der Waals surface area contributed by atoms with Gasteiger partial charge in [0.15, 0.2) is 0 Å². The third kappa shape index (κ3) is 1.26. The predicted octanol–water partition coefficient (Wildman–Crippen LogP) is 2.28. The summed E-state index contributed by atoms with van der Waals surface area (Å²) in [4.78, 5) is 0. The Morgan fingerprint density at radius 2 is 1.81 bits per heavy atom. The molecule has 3 aliphatic carbocycles. The summed E-state index contributed by atoms with van der Waals surface area (Å²) in [6.07, 6.45) is 6.10. The van der Waals surface area contributed by atoms with E-state index in [4.69, 9.17) is 5.84 Å². The summed E-state index contributed by atoms with van der Waals surface area (Å²) in [5, 5.41) is 0. The van der Waals surface area contributed by atoms with Crippen molar-refractivity contribution < 1.29 is 0 Å². The van der Waals surface area contributed by atoms with E-state index in [1.54, 1.807) is 0 Å². The summed E-state index contributed by atoms with van der Waals surface area (Å²) in [6.45, 7) is 2.23. The van der Waals surface area contributed by atoms with Crippen molar-refractivity contribution in [3.63, 3.8) is 0 Å². The molecule has 4 rings (SSSR count). The van der Waals surface area contributed by atoms with Crippen LogP contribution in [0.4, 0.5) is 0 Å². The SMILES string of the molecule is CCCc1ccc(C23CC(NN)(C2)C3)cc1. The van der Waals surface area contributed by atoms with Gasteiger partial charge in [-0.25, -0.2) is 0 Å². The van der Waals surface area contributed by atoms with E-state index >= 15 is 0 Å². The first-order chi connectivity index (χ1) is 7.72. The summed E-state index contributed by atoms with van der Waals surface area (Å²) in [7, 11) is 0. The quantitative estimate of drug-likeness (QED) is 0.598. The number of benzene rings is 1. The highest BCUT2D eigenvalue weighted by atomic mass is 15.3. The molecule has 2 bridgehead atoms. The van der Waals surface area contributed by atoms with E-state index in [1.807, 2.05) is 0 Å². The van der Waals surface area contributed by atoms with Crippen LogP contribution in [0.3, 0.4) is 0 Å². The normalized spacial score (nSPS) is 35.4. The second-order valence-electron chi connectivity index (χ2n) is 5.68. The van der Waals surface area contributed by atoms with E-state index in [0.29, 0.717) is 11.0 Å². The minimum atomic E-state index is 0.294. The van der Waals surface area contributed by atoms with E-state index < -0.39 is 0 Å². The number of hydrazine groups is 1. The Balaban J connectivity index is 1.73. The van der Waals surface area contributed by atoms with Crippen molar-refractivity contribution in [2.24, 2.45) is 5.84 Å². The lowest BCUT2D eigenvalue weighted by molar-refractivity contribution is -0.0882. The van der Waals surface area contributed by atoms with Gasteiger partial charge in [-0.2, -0.15) is 0 Å². The molecule has 0 saturated heterocycles. The molecule has 0 atom stereocenters. The van der Waals surface area contributed by atoms with Gasteiger partial charge in [0.05, 0.1) is 0 Å². The van der Waals surface area contributed by atoms with E-state index in [-0.39, 0.29) is 0 Å². The molecular formula is C14H20N2. The topological polar surface area (TPSA) is 38.0 Å². The molecule has 3 N–H and O–H groups in total. The Bertz CT molecular complexity index is 374. The fourth-order valence-corrected chi connectivity index (χ4v) is 3.56. The van der Waals surface area contributed by atoms with Gasteiger partial charge in [0.25, 0.3) is 0 Å². The van der Waals surface area contributed by atoms with Crippen molar-refractivity contribution in [2.45, 2.75) is 50.0 Å². The molecule has 0 unspecified atom stereocenters. The lowest BCUT2D eigenvalue weighted by Gasteiger charge is -2.70. The zero-order valence-corrected chi connectivity index (χ0v) is 9.92. The van der Waals surface area contributed by atoms with Crippen molar-refractivity contribution in [1.82, 2.24) is 5.43 Å². The second kappa shape index (κ2) is 3.31. The maximum atomic E-state index is 5.56. The zero-order chi connectivity index (χ0) is 11.2. The summed E-state index contributed by atoms with van der Waals surface area (Å²) in [6, 6.07) is 9.23. The lowest BCUT2D eigenvalue weighted by Crippen LogP contribution is -2.77. The average molecular weight is 216 g/mol. The number of hydrogen-bond donors (Lipinski definition) is 2. The van der Waals surface area contributed by atoms with Crippen LogP contribution in [0.15, 0.2) is 24.3 Å². The molecule has 3 fully saturated rings. The van der Waals surface area contributed by atoms with Gasteiger partial charge in [-0.15, -0.1) is 0 Å². The maximum absolute atomic E-state index is 5.56. The van der Waals surface area contributed by atoms with Crippen LogP contribution < -0.4 is 11.3 Å². The van der Waals surface area contributed by atoms with Crippen LogP contribution >= 0.6 is 0 Å². The van der Waals surface area contributed by atoms with Crippen molar-refractivity contribution in [3.8, 4) is 0 Å². The highest BCUT2D eigenvalue weighted by Gasteiger charge is 2.67. The molecule has 1 aromatic rings. The molecule has 0 aliphatic heterocycles. The Kier molecular flexibility index (Phi) is 2.13. The third-order valence-electron chi connectivity index (χ3n) is 4.44. The second-order valence-corrected chi connectivity index (χ2v) is 5.68. The van der Waals surface area contributed by atoms with Gasteiger partial charge in [-0.05, 0) is 36.8 Å². The molecule has 0 heterocycles. The average Bonchev–Trinajstić information content (AvgIpc) is 2.18. The van der Waals surface area contributed by atoms with Gasteiger partial charge in [0.1, 0.15) is 0 Å². The summed E-state index contributed by atoms with van der Waals surface area (Å²) < 4.78 is 0. The number of rotatable bonds is 4. The first kappa shape index (κ1) is 10.3. The molecule has 86 valence electrons. The van der Waals surface area contributed by atoms with Crippen LogP contribution in [-0.4, -0.2) is 5.54 Å². The number of nitrogens with two attached hydrogens (primary N) is 1. The Hall–Kier alpha value is -0.860. The smallest absolute Gasteiger partial charge is 0.0346 e. The molecule has 3 saturated carbocycles. The van der Waals surface area contributed by atoms with Crippen LogP contribution in [0.25, 0.3) is 0 Å². The first-order valence-corrected chi connectivity index (χ1v) is 6.29. The Morgan fingerprint density at radius 1 is 1.19 bits per heavy atom. The van der Waals surface area contributed by atoms with Gasteiger partial charge < -0.3 is 0 Å². The minimum absolute atomic E-state index is 0.294. The van der Waals surface area contributed by atoms with E-state index in [9.17, 15) is 0 Å². The van der Waals surface area contributed by atoms with Gasteiger partial charge in [0, 0.05) is 11.0 Å². The molecule has 2 nitrogen and oxygen atoms in total. The van der Waals surface area contributed by atoms with Crippen LogP contribution in [0.5, 0.6) is 0 Å². The molecule has 2 heteroatoms. The largest absolute Gasteiger partial charge is 0.271 e. The molecule has 0 radical (unpaired) electrons. The van der Waals surface area contributed by atoms with Gasteiger partial charge in [-0.3, -0.25) is 11.3 Å². The fraction of sp³-hybridized carbons (Fsp3) is 0.571. The predicted molar refractivity (Wildman–Crippen MR) is 66.0 cm³/mol. The van der Waals surface area contributed by atoms with Crippen molar-refractivity contribution in [1.29, 1.82) is 0 Å². The molecule has 1 aromatic carbocycles. The molecular weight excluding hydrogens is 196 g/mol. The number of aryl methyl sites for hydroxylation is 1. The number of hydrogen-bond acceptors (Lipinski definition) is 2. The monoisotopic (exact) mass is 216 g/mol. The fourth-order valence-electron chi connectivity index (χ4n) is 3.56. The molecule has 16 heavy (non-hydrogen) atoms.